The Morgan fingerprint density at radius 1 is 1.11 bits per heavy atom. The van der Waals surface area contributed by atoms with E-state index in [2.05, 4.69) is 15.0 Å². The summed E-state index contributed by atoms with van der Waals surface area (Å²) in [6, 6.07) is 13.4. The molecule has 6 heteroatoms. The van der Waals surface area contributed by atoms with Crippen molar-refractivity contribution in [2.24, 2.45) is 0 Å². The lowest BCUT2D eigenvalue weighted by Crippen LogP contribution is -2.10. The van der Waals surface area contributed by atoms with Gasteiger partial charge in [-0.05, 0) is 17.7 Å². The third-order valence-electron chi connectivity index (χ3n) is 2.39. The van der Waals surface area contributed by atoms with Crippen LogP contribution in [0.5, 0.6) is 0 Å². The number of nitrogens with zero attached hydrogens (tertiary/aromatic N) is 1. The van der Waals surface area contributed by atoms with Crippen LogP contribution in [0, 0.1) is 0 Å². The van der Waals surface area contributed by atoms with Crippen molar-refractivity contribution in [1.82, 2.24) is 4.98 Å². The molecule has 0 spiro atoms. The second kappa shape index (κ2) is 5.71. The molecule has 0 aliphatic heterocycles. The number of pyridine rings is 1. The minimum atomic E-state index is -3.28. The number of nitrogens with one attached hydrogen (secondary N) is 2. The molecule has 0 aliphatic carbocycles. The van der Waals surface area contributed by atoms with Gasteiger partial charge >= 0.3 is 0 Å². The fourth-order valence-corrected chi connectivity index (χ4v) is 2.05. The fourth-order valence-electron chi connectivity index (χ4n) is 1.55. The van der Waals surface area contributed by atoms with Crippen LogP contribution in [-0.4, -0.2) is 19.7 Å². The van der Waals surface area contributed by atoms with Crippen molar-refractivity contribution in [3.05, 3.63) is 54.2 Å². The van der Waals surface area contributed by atoms with Gasteiger partial charge in [0.1, 0.15) is 5.82 Å². The van der Waals surface area contributed by atoms with Crippen LogP contribution in [0.4, 0.5) is 11.5 Å². The summed E-state index contributed by atoms with van der Waals surface area (Å²) >= 11 is 0. The molecule has 2 N–H and O–H groups in total. The zero-order valence-corrected chi connectivity index (χ0v) is 11.3. The van der Waals surface area contributed by atoms with Crippen molar-refractivity contribution >= 4 is 21.5 Å². The van der Waals surface area contributed by atoms with Gasteiger partial charge in [0.05, 0.1) is 18.1 Å². The van der Waals surface area contributed by atoms with E-state index in [-0.39, 0.29) is 0 Å². The topological polar surface area (TPSA) is 71.1 Å². The van der Waals surface area contributed by atoms with Gasteiger partial charge in [0.15, 0.2) is 0 Å². The molecule has 0 saturated heterocycles. The lowest BCUT2D eigenvalue weighted by molar-refractivity contribution is 0.606. The third kappa shape index (κ3) is 4.59. The first kappa shape index (κ1) is 13.4. The van der Waals surface area contributed by atoms with Gasteiger partial charge in [0.2, 0.25) is 10.0 Å². The van der Waals surface area contributed by atoms with Crippen molar-refractivity contribution in [3.63, 3.8) is 0 Å². The maximum atomic E-state index is 11.0. The summed E-state index contributed by atoms with van der Waals surface area (Å²) in [6.07, 6.45) is 2.69. The van der Waals surface area contributed by atoms with Crippen molar-refractivity contribution < 1.29 is 8.42 Å². The van der Waals surface area contributed by atoms with Crippen LogP contribution in [0.25, 0.3) is 0 Å². The molecule has 0 bridgehead atoms. The average Bonchev–Trinajstić information content (AvgIpc) is 2.37. The summed E-state index contributed by atoms with van der Waals surface area (Å²) in [4.78, 5) is 4.02. The number of rotatable bonds is 5. The normalized spacial score (nSPS) is 11.0. The van der Waals surface area contributed by atoms with Gasteiger partial charge < -0.3 is 5.32 Å². The van der Waals surface area contributed by atoms with Crippen molar-refractivity contribution in [2.75, 3.05) is 16.3 Å². The summed E-state index contributed by atoms with van der Waals surface area (Å²) in [5.41, 5.74) is 2.00. The molecule has 0 saturated carbocycles. The molecule has 5 nitrogen and oxygen atoms in total. The molecule has 0 radical (unpaired) electrons. The Balaban J connectivity index is 1.96. The number of hydrogen-bond acceptors (Lipinski definition) is 4. The van der Waals surface area contributed by atoms with Crippen LogP contribution in [0.15, 0.2) is 48.7 Å². The van der Waals surface area contributed by atoms with Gasteiger partial charge in [0.25, 0.3) is 0 Å². The van der Waals surface area contributed by atoms with E-state index < -0.39 is 10.0 Å². The molecule has 0 aliphatic rings. The largest absolute Gasteiger partial charge is 0.380 e. The highest BCUT2D eigenvalue weighted by molar-refractivity contribution is 7.92. The van der Waals surface area contributed by atoms with Gasteiger partial charge in [-0.15, -0.1) is 0 Å². The minimum Gasteiger partial charge on any atom is -0.380 e. The lowest BCUT2D eigenvalue weighted by atomic mass is 10.2. The third-order valence-corrected chi connectivity index (χ3v) is 2.97. The van der Waals surface area contributed by atoms with Crippen LogP contribution < -0.4 is 10.0 Å². The van der Waals surface area contributed by atoms with Gasteiger partial charge in [-0.3, -0.25) is 4.72 Å². The molecule has 0 atom stereocenters. The van der Waals surface area contributed by atoms with Gasteiger partial charge in [0, 0.05) is 6.54 Å². The van der Waals surface area contributed by atoms with Gasteiger partial charge in [-0.25, -0.2) is 13.4 Å². The molecular weight excluding hydrogens is 262 g/mol. The van der Waals surface area contributed by atoms with Gasteiger partial charge in [-0.2, -0.15) is 0 Å². The predicted molar refractivity (Wildman–Crippen MR) is 76.5 cm³/mol. The van der Waals surface area contributed by atoms with E-state index in [9.17, 15) is 8.42 Å². The number of anilines is 2. The lowest BCUT2D eigenvalue weighted by Gasteiger charge is -2.07. The monoisotopic (exact) mass is 277 g/mol. The fraction of sp³-hybridized carbons (Fsp3) is 0.154. The zero-order valence-electron chi connectivity index (χ0n) is 10.5. The Morgan fingerprint density at radius 2 is 1.84 bits per heavy atom. The van der Waals surface area contributed by atoms with E-state index in [4.69, 9.17) is 0 Å². The maximum Gasteiger partial charge on any atom is 0.230 e. The highest BCUT2D eigenvalue weighted by Gasteiger charge is 2.02. The van der Waals surface area contributed by atoms with E-state index in [1.165, 1.54) is 5.56 Å². The summed E-state index contributed by atoms with van der Waals surface area (Å²) in [5, 5.41) is 3.21. The summed E-state index contributed by atoms with van der Waals surface area (Å²) in [7, 11) is -3.28. The molecule has 1 aromatic heterocycles. The average molecular weight is 277 g/mol. The van der Waals surface area contributed by atoms with E-state index in [1.807, 2.05) is 30.3 Å². The molecule has 2 rings (SSSR count). The van der Waals surface area contributed by atoms with Crippen LogP contribution in [0.2, 0.25) is 0 Å². The molecule has 1 aromatic carbocycles. The molecular formula is C13H15N3O2S. The summed E-state index contributed by atoms with van der Waals surface area (Å²) in [5.74, 6) is 0.313. The number of benzene rings is 1. The van der Waals surface area contributed by atoms with E-state index in [0.29, 0.717) is 12.4 Å². The Bertz CT molecular complexity index is 625. The first-order chi connectivity index (χ1) is 9.03. The van der Waals surface area contributed by atoms with Crippen molar-refractivity contribution in [3.8, 4) is 0 Å². The molecule has 100 valence electrons. The highest BCUT2D eigenvalue weighted by Crippen LogP contribution is 2.11. The standard InChI is InChI=1S/C13H15N3O2S/c1-19(17,18)16-13-8-7-12(10-15-13)14-9-11-5-3-2-4-6-11/h2-8,10,14H,9H2,1H3,(H,15,16). The van der Waals surface area contributed by atoms with Crippen LogP contribution in [-0.2, 0) is 16.6 Å². The summed E-state index contributed by atoms with van der Waals surface area (Å²) < 4.78 is 24.4. The molecule has 0 amide bonds. The highest BCUT2D eigenvalue weighted by atomic mass is 32.2. The molecule has 0 fully saturated rings. The maximum absolute atomic E-state index is 11.0. The SMILES string of the molecule is CS(=O)(=O)Nc1ccc(NCc2ccccc2)cn1. The number of hydrogen-bond donors (Lipinski definition) is 2. The smallest absolute Gasteiger partial charge is 0.230 e. The Morgan fingerprint density at radius 3 is 2.42 bits per heavy atom. The van der Waals surface area contributed by atoms with E-state index in [0.717, 1.165) is 11.9 Å². The Hall–Kier alpha value is -2.08. The Labute approximate surface area is 112 Å². The van der Waals surface area contributed by atoms with Crippen molar-refractivity contribution in [2.45, 2.75) is 6.54 Å². The number of sulfonamides is 1. The molecule has 1 heterocycles. The Kier molecular flexibility index (Phi) is 4.01. The molecule has 19 heavy (non-hydrogen) atoms. The van der Waals surface area contributed by atoms with Gasteiger partial charge in [-0.1, -0.05) is 30.3 Å². The van der Waals surface area contributed by atoms with E-state index in [1.54, 1.807) is 18.3 Å². The number of aromatic nitrogens is 1. The second-order valence-corrected chi connectivity index (χ2v) is 5.89. The van der Waals surface area contributed by atoms with Crippen molar-refractivity contribution in [1.29, 1.82) is 0 Å². The quantitative estimate of drug-likeness (QED) is 0.877. The van der Waals surface area contributed by atoms with E-state index >= 15 is 0 Å². The first-order valence-electron chi connectivity index (χ1n) is 5.74. The molecule has 2 aromatic rings. The zero-order chi connectivity index (χ0) is 13.7. The van der Waals surface area contributed by atoms with Crippen LogP contribution >= 0.6 is 0 Å². The van der Waals surface area contributed by atoms with Crippen LogP contribution in [0.3, 0.4) is 0 Å². The van der Waals surface area contributed by atoms with Crippen LogP contribution in [0.1, 0.15) is 5.56 Å². The second-order valence-electron chi connectivity index (χ2n) is 4.15. The summed E-state index contributed by atoms with van der Waals surface area (Å²) in [6.45, 7) is 0.696. The molecule has 0 unspecified atom stereocenters. The first-order valence-corrected chi connectivity index (χ1v) is 7.64. The predicted octanol–water partition coefficient (Wildman–Crippen LogP) is 2.07. The minimum absolute atomic E-state index is 0.313.